The Labute approximate surface area is 72.0 Å². The minimum atomic E-state index is -0.351. The van der Waals surface area contributed by atoms with Crippen molar-refractivity contribution in [3.63, 3.8) is 0 Å². The summed E-state index contributed by atoms with van der Waals surface area (Å²) >= 11 is 0. The first-order chi connectivity index (χ1) is 5.73. The Morgan fingerprint density at radius 2 is 2.33 bits per heavy atom. The van der Waals surface area contributed by atoms with Gasteiger partial charge in [0.05, 0.1) is 11.5 Å². The van der Waals surface area contributed by atoms with Crippen LogP contribution in [0.25, 0.3) is 0 Å². The summed E-state index contributed by atoms with van der Waals surface area (Å²) < 4.78 is 10.3. The van der Waals surface area contributed by atoms with Crippen LogP contribution >= 0.6 is 0 Å². The Balaban J connectivity index is 2.20. The Bertz CT molecular complexity index is 200. The van der Waals surface area contributed by atoms with Crippen molar-refractivity contribution in [2.45, 2.75) is 38.7 Å². The maximum Gasteiger partial charge on any atom is 0.316 e. The van der Waals surface area contributed by atoms with E-state index in [1.165, 1.54) is 6.42 Å². The molecule has 0 aromatic rings. The number of esters is 1. The second-order valence-corrected chi connectivity index (χ2v) is 3.87. The molecule has 1 aliphatic carbocycles. The third-order valence-corrected chi connectivity index (χ3v) is 3.05. The first-order valence-corrected chi connectivity index (χ1v) is 4.52. The second-order valence-electron chi connectivity index (χ2n) is 3.87. The molecule has 1 saturated heterocycles. The van der Waals surface area contributed by atoms with Gasteiger partial charge >= 0.3 is 5.97 Å². The van der Waals surface area contributed by atoms with E-state index in [-0.39, 0.29) is 24.3 Å². The van der Waals surface area contributed by atoms with Gasteiger partial charge in [0, 0.05) is 0 Å². The molecule has 68 valence electrons. The molecule has 1 aliphatic heterocycles. The predicted molar refractivity (Wildman–Crippen MR) is 42.4 cm³/mol. The van der Waals surface area contributed by atoms with Crippen molar-refractivity contribution in [2.24, 2.45) is 5.41 Å². The van der Waals surface area contributed by atoms with Crippen LogP contribution in [0.5, 0.6) is 0 Å². The maximum atomic E-state index is 11.4. The van der Waals surface area contributed by atoms with Gasteiger partial charge < -0.3 is 9.47 Å². The van der Waals surface area contributed by atoms with Crippen LogP contribution < -0.4 is 0 Å². The Hall–Kier alpha value is -0.570. The van der Waals surface area contributed by atoms with Crippen LogP contribution in [0, 0.1) is 5.41 Å². The Kier molecular flexibility index (Phi) is 1.83. The number of rotatable bonds is 0. The molecular formula is C9H14O3. The van der Waals surface area contributed by atoms with Gasteiger partial charge in [-0.15, -0.1) is 0 Å². The first kappa shape index (κ1) is 8.05. The maximum absolute atomic E-state index is 11.4. The SMILES string of the molecule is CC12CCCCC1OCOC2=O. The molecular weight excluding hydrogens is 156 g/mol. The standard InChI is InChI=1S/C9H14O3/c1-9-5-3-2-4-7(9)11-6-12-8(9)10/h7H,2-6H2,1H3. The van der Waals surface area contributed by atoms with Crippen LogP contribution in [0.1, 0.15) is 32.6 Å². The van der Waals surface area contributed by atoms with E-state index in [2.05, 4.69) is 0 Å². The van der Waals surface area contributed by atoms with Crippen molar-refractivity contribution in [1.29, 1.82) is 0 Å². The van der Waals surface area contributed by atoms with E-state index in [4.69, 9.17) is 9.47 Å². The van der Waals surface area contributed by atoms with E-state index < -0.39 is 0 Å². The fourth-order valence-electron chi connectivity index (χ4n) is 2.14. The molecule has 0 N–H and O–H groups in total. The summed E-state index contributed by atoms with van der Waals surface area (Å²) in [6.45, 7) is 2.11. The molecule has 0 aromatic heterocycles. The molecule has 2 unspecified atom stereocenters. The van der Waals surface area contributed by atoms with Crippen molar-refractivity contribution in [3.8, 4) is 0 Å². The zero-order valence-electron chi connectivity index (χ0n) is 7.34. The first-order valence-electron chi connectivity index (χ1n) is 4.52. The summed E-state index contributed by atoms with van der Waals surface area (Å²) in [6.07, 6.45) is 4.31. The second kappa shape index (κ2) is 2.73. The number of carbonyl (C=O) groups is 1. The normalized spacial score (nSPS) is 41.8. The number of carbonyl (C=O) groups excluding carboxylic acids is 1. The van der Waals surface area contributed by atoms with Crippen LogP contribution in [0.3, 0.4) is 0 Å². The van der Waals surface area contributed by atoms with Crippen molar-refractivity contribution in [1.82, 2.24) is 0 Å². The minimum absolute atomic E-state index is 0.0709. The minimum Gasteiger partial charge on any atom is -0.438 e. The molecule has 2 aliphatic rings. The van der Waals surface area contributed by atoms with Gasteiger partial charge in [0.25, 0.3) is 0 Å². The molecule has 1 saturated carbocycles. The van der Waals surface area contributed by atoms with Crippen LogP contribution in [0.2, 0.25) is 0 Å². The average Bonchev–Trinajstić information content (AvgIpc) is 2.07. The van der Waals surface area contributed by atoms with E-state index in [0.717, 1.165) is 19.3 Å². The Morgan fingerprint density at radius 3 is 3.08 bits per heavy atom. The largest absolute Gasteiger partial charge is 0.438 e. The number of hydrogen-bond acceptors (Lipinski definition) is 3. The lowest BCUT2D eigenvalue weighted by Gasteiger charge is -2.41. The van der Waals surface area contributed by atoms with Crippen molar-refractivity contribution < 1.29 is 14.3 Å². The molecule has 12 heavy (non-hydrogen) atoms. The summed E-state index contributed by atoms with van der Waals surface area (Å²) in [6, 6.07) is 0. The summed E-state index contributed by atoms with van der Waals surface area (Å²) in [7, 11) is 0. The number of fused-ring (bicyclic) bond motifs is 1. The Morgan fingerprint density at radius 1 is 1.50 bits per heavy atom. The van der Waals surface area contributed by atoms with Gasteiger partial charge in [0.2, 0.25) is 0 Å². The predicted octanol–water partition coefficient (Wildman–Crippen LogP) is 1.47. The van der Waals surface area contributed by atoms with Crippen LogP contribution in [0.4, 0.5) is 0 Å². The molecule has 0 bridgehead atoms. The highest BCUT2D eigenvalue weighted by atomic mass is 16.7. The highest BCUT2D eigenvalue weighted by Crippen LogP contribution is 2.41. The molecule has 0 radical (unpaired) electrons. The third kappa shape index (κ3) is 1.04. The topological polar surface area (TPSA) is 35.5 Å². The lowest BCUT2D eigenvalue weighted by molar-refractivity contribution is -0.218. The summed E-state index contributed by atoms with van der Waals surface area (Å²) in [5, 5.41) is 0. The van der Waals surface area contributed by atoms with Gasteiger partial charge in [0.15, 0.2) is 6.79 Å². The van der Waals surface area contributed by atoms with E-state index in [0.29, 0.717) is 0 Å². The number of hydrogen-bond donors (Lipinski definition) is 0. The van der Waals surface area contributed by atoms with Gasteiger partial charge in [-0.3, -0.25) is 4.79 Å². The molecule has 0 amide bonds. The van der Waals surface area contributed by atoms with Crippen LogP contribution in [-0.4, -0.2) is 18.9 Å². The molecule has 3 nitrogen and oxygen atoms in total. The van der Waals surface area contributed by atoms with Crippen molar-refractivity contribution in [3.05, 3.63) is 0 Å². The molecule has 2 fully saturated rings. The summed E-state index contributed by atoms with van der Waals surface area (Å²) in [4.78, 5) is 11.4. The van der Waals surface area contributed by atoms with E-state index in [1.54, 1.807) is 0 Å². The van der Waals surface area contributed by atoms with Crippen LogP contribution in [-0.2, 0) is 14.3 Å². The fourth-order valence-corrected chi connectivity index (χ4v) is 2.14. The zero-order chi connectivity index (χ0) is 8.60. The van der Waals surface area contributed by atoms with Gasteiger partial charge in [-0.1, -0.05) is 12.8 Å². The van der Waals surface area contributed by atoms with E-state index in [1.807, 2.05) is 6.92 Å². The molecule has 2 atom stereocenters. The van der Waals surface area contributed by atoms with Crippen molar-refractivity contribution >= 4 is 5.97 Å². The quantitative estimate of drug-likeness (QED) is 0.516. The lowest BCUT2D eigenvalue weighted by Crippen LogP contribution is -2.49. The highest BCUT2D eigenvalue weighted by molar-refractivity contribution is 5.77. The van der Waals surface area contributed by atoms with E-state index >= 15 is 0 Å². The monoisotopic (exact) mass is 170 g/mol. The molecule has 3 heteroatoms. The van der Waals surface area contributed by atoms with E-state index in [9.17, 15) is 4.79 Å². The molecule has 0 spiro atoms. The summed E-state index contributed by atoms with van der Waals surface area (Å²) in [5.74, 6) is -0.0709. The van der Waals surface area contributed by atoms with Crippen molar-refractivity contribution in [2.75, 3.05) is 6.79 Å². The highest BCUT2D eigenvalue weighted by Gasteiger charge is 2.47. The lowest BCUT2D eigenvalue weighted by atomic mass is 9.73. The number of ether oxygens (including phenoxy) is 2. The average molecular weight is 170 g/mol. The summed E-state index contributed by atoms with van der Waals surface area (Å²) in [5.41, 5.74) is -0.351. The number of cyclic esters (lactones) is 1. The van der Waals surface area contributed by atoms with Gasteiger partial charge in [-0.25, -0.2) is 0 Å². The van der Waals surface area contributed by atoms with Gasteiger partial charge in [-0.2, -0.15) is 0 Å². The molecule has 1 heterocycles. The molecule has 2 rings (SSSR count). The van der Waals surface area contributed by atoms with Gasteiger partial charge in [0.1, 0.15) is 0 Å². The smallest absolute Gasteiger partial charge is 0.316 e. The molecule has 0 aromatic carbocycles. The fraction of sp³-hybridized carbons (Fsp3) is 0.889. The van der Waals surface area contributed by atoms with Gasteiger partial charge in [-0.05, 0) is 19.8 Å². The zero-order valence-corrected chi connectivity index (χ0v) is 7.34. The van der Waals surface area contributed by atoms with Crippen LogP contribution in [0.15, 0.2) is 0 Å². The third-order valence-electron chi connectivity index (χ3n) is 3.05.